The quantitative estimate of drug-likeness (QED) is 0.540. The third kappa shape index (κ3) is 4.97. The summed E-state index contributed by atoms with van der Waals surface area (Å²) in [7, 11) is 0. The van der Waals surface area contributed by atoms with E-state index in [9.17, 15) is 14.7 Å². The monoisotopic (exact) mass is 379 g/mol. The topological polar surface area (TPSA) is 90.8 Å². The second-order valence-corrected chi connectivity index (χ2v) is 7.06. The zero-order valence-corrected chi connectivity index (χ0v) is 15.9. The van der Waals surface area contributed by atoms with Gasteiger partial charge in [-0.15, -0.1) is 0 Å². The van der Waals surface area contributed by atoms with E-state index in [1.54, 1.807) is 19.1 Å². The molecule has 6 nitrogen and oxygen atoms in total. The minimum atomic E-state index is -0.478. The van der Waals surface area contributed by atoms with Crippen molar-refractivity contribution in [2.75, 3.05) is 5.32 Å². The maximum Gasteiger partial charge on any atom is 0.275 e. The van der Waals surface area contributed by atoms with Gasteiger partial charge in [-0.05, 0) is 49.6 Å². The molecular formula is C22H25N3O3. The Labute approximate surface area is 164 Å². The van der Waals surface area contributed by atoms with Gasteiger partial charge in [-0.2, -0.15) is 5.10 Å². The van der Waals surface area contributed by atoms with Gasteiger partial charge in [-0.3, -0.25) is 9.59 Å². The van der Waals surface area contributed by atoms with Gasteiger partial charge in [-0.1, -0.05) is 43.5 Å². The lowest BCUT2D eigenvalue weighted by atomic mass is 9.88. The van der Waals surface area contributed by atoms with Crippen LogP contribution in [0.15, 0.2) is 53.6 Å². The van der Waals surface area contributed by atoms with Crippen LogP contribution in [-0.4, -0.2) is 22.6 Å². The smallest absolute Gasteiger partial charge is 0.275 e. The van der Waals surface area contributed by atoms with E-state index in [1.165, 1.54) is 18.6 Å². The van der Waals surface area contributed by atoms with Gasteiger partial charge in [-0.25, -0.2) is 5.43 Å². The normalized spacial score (nSPS) is 15.1. The number of hydrazone groups is 1. The number of amides is 2. The summed E-state index contributed by atoms with van der Waals surface area (Å²) in [6, 6.07) is 13.7. The fraction of sp³-hybridized carbons (Fsp3) is 0.318. The zero-order chi connectivity index (χ0) is 19.9. The van der Waals surface area contributed by atoms with Crippen LogP contribution in [0.5, 0.6) is 5.75 Å². The van der Waals surface area contributed by atoms with Gasteiger partial charge in [0.2, 0.25) is 5.91 Å². The molecular weight excluding hydrogens is 354 g/mol. The van der Waals surface area contributed by atoms with Gasteiger partial charge in [0, 0.05) is 11.6 Å². The van der Waals surface area contributed by atoms with Crippen molar-refractivity contribution in [1.29, 1.82) is 0 Å². The number of phenols is 1. The second-order valence-electron chi connectivity index (χ2n) is 7.06. The van der Waals surface area contributed by atoms with E-state index in [0.717, 1.165) is 36.9 Å². The van der Waals surface area contributed by atoms with Crippen LogP contribution < -0.4 is 10.7 Å². The van der Waals surface area contributed by atoms with Crippen molar-refractivity contribution in [3.8, 4) is 5.75 Å². The predicted octanol–water partition coefficient (Wildman–Crippen LogP) is 4.07. The number of rotatable bonds is 5. The summed E-state index contributed by atoms with van der Waals surface area (Å²) in [5.41, 5.74) is 4.82. The number of benzene rings is 2. The molecule has 0 saturated heterocycles. The van der Waals surface area contributed by atoms with Crippen LogP contribution in [0.25, 0.3) is 0 Å². The largest absolute Gasteiger partial charge is 0.507 e. The molecule has 2 aromatic carbocycles. The Morgan fingerprint density at radius 2 is 1.68 bits per heavy atom. The number of aromatic hydroxyl groups is 1. The van der Waals surface area contributed by atoms with Gasteiger partial charge in [0.1, 0.15) is 5.75 Å². The Morgan fingerprint density at radius 1 is 1.00 bits per heavy atom. The molecule has 1 aliphatic rings. The molecule has 28 heavy (non-hydrogen) atoms. The Morgan fingerprint density at radius 3 is 2.36 bits per heavy atom. The number of carbonyl (C=O) groups excluding carboxylic acids is 2. The number of para-hydroxylation sites is 1. The molecule has 0 aromatic heterocycles. The average molecular weight is 379 g/mol. The molecule has 2 amide bonds. The maximum atomic E-state index is 12.3. The van der Waals surface area contributed by atoms with E-state index in [-0.39, 0.29) is 23.1 Å². The Kier molecular flexibility index (Phi) is 6.42. The van der Waals surface area contributed by atoms with Gasteiger partial charge < -0.3 is 10.4 Å². The van der Waals surface area contributed by atoms with Crippen LogP contribution in [0.2, 0.25) is 0 Å². The minimum absolute atomic E-state index is 0.0905. The van der Waals surface area contributed by atoms with E-state index >= 15 is 0 Å². The molecule has 0 atom stereocenters. The van der Waals surface area contributed by atoms with E-state index in [4.69, 9.17) is 0 Å². The van der Waals surface area contributed by atoms with E-state index in [1.807, 2.05) is 24.3 Å². The molecule has 146 valence electrons. The van der Waals surface area contributed by atoms with E-state index in [0.29, 0.717) is 5.71 Å². The second kappa shape index (κ2) is 9.17. The van der Waals surface area contributed by atoms with Gasteiger partial charge >= 0.3 is 0 Å². The first kappa shape index (κ1) is 19.6. The van der Waals surface area contributed by atoms with Crippen LogP contribution in [0.4, 0.5) is 5.69 Å². The number of hydrogen-bond donors (Lipinski definition) is 3. The van der Waals surface area contributed by atoms with Crippen molar-refractivity contribution in [2.45, 2.75) is 39.0 Å². The molecule has 1 fully saturated rings. The van der Waals surface area contributed by atoms with E-state index in [2.05, 4.69) is 15.8 Å². The van der Waals surface area contributed by atoms with Gasteiger partial charge in [0.15, 0.2) is 0 Å². The predicted molar refractivity (Wildman–Crippen MR) is 109 cm³/mol. The highest BCUT2D eigenvalue weighted by molar-refractivity contribution is 6.02. The lowest BCUT2D eigenvalue weighted by molar-refractivity contribution is -0.120. The summed E-state index contributed by atoms with van der Waals surface area (Å²) in [6.07, 6.45) is 5.40. The summed E-state index contributed by atoms with van der Waals surface area (Å²) >= 11 is 0. The summed E-state index contributed by atoms with van der Waals surface area (Å²) in [5.74, 6) is -0.367. The summed E-state index contributed by atoms with van der Waals surface area (Å²) in [4.78, 5) is 24.4. The zero-order valence-electron chi connectivity index (χ0n) is 15.9. The minimum Gasteiger partial charge on any atom is -0.507 e. The van der Waals surface area contributed by atoms with Crippen LogP contribution in [-0.2, 0) is 4.79 Å². The highest BCUT2D eigenvalue weighted by Gasteiger charge is 2.21. The number of hydrogen-bond acceptors (Lipinski definition) is 4. The fourth-order valence-corrected chi connectivity index (χ4v) is 3.33. The van der Waals surface area contributed by atoms with Gasteiger partial charge in [0.05, 0.1) is 11.3 Å². The maximum absolute atomic E-state index is 12.3. The molecule has 0 spiro atoms. The number of phenolic OH excluding ortho intramolecular Hbond substituents is 1. The van der Waals surface area contributed by atoms with Crippen LogP contribution in [0, 0.1) is 5.92 Å². The van der Waals surface area contributed by atoms with E-state index < -0.39 is 5.91 Å². The lowest BCUT2D eigenvalue weighted by Crippen LogP contribution is -2.24. The Bertz CT molecular complexity index is 869. The number of carbonyl (C=O) groups is 2. The molecule has 1 aliphatic carbocycles. The average Bonchev–Trinajstić information content (AvgIpc) is 2.73. The molecule has 0 radical (unpaired) electrons. The van der Waals surface area contributed by atoms with Crippen molar-refractivity contribution in [3.05, 3.63) is 59.7 Å². The lowest BCUT2D eigenvalue weighted by Gasteiger charge is -2.20. The van der Waals surface area contributed by atoms with Crippen molar-refractivity contribution in [1.82, 2.24) is 5.43 Å². The highest BCUT2D eigenvalue weighted by atomic mass is 16.3. The number of anilines is 1. The Hall–Kier alpha value is -3.15. The number of nitrogens with zero attached hydrogens (tertiary/aromatic N) is 1. The van der Waals surface area contributed by atoms with Crippen molar-refractivity contribution in [3.63, 3.8) is 0 Å². The van der Waals surface area contributed by atoms with Crippen molar-refractivity contribution < 1.29 is 14.7 Å². The van der Waals surface area contributed by atoms with Gasteiger partial charge in [0.25, 0.3) is 5.91 Å². The molecule has 0 unspecified atom stereocenters. The summed E-state index contributed by atoms with van der Waals surface area (Å²) in [6.45, 7) is 1.78. The molecule has 0 aliphatic heterocycles. The van der Waals surface area contributed by atoms with Crippen molar-refractivity contribution in [2.24, 2.45) is 11.0 Å². The standard InChI is InChI=1S/C22H25N3O3/c1-15(24-25-22(28)19-9-5-6-10-20(19)26)16-11-13-18(14-12-16)23-21(27)17-7-3-2-4-8-17/h5-6,9-14,17,26H,2-4,7-8H2,1H3,(H,23,27)(H,25,28)/b24-15-. The number of nitrogens with one attached hydrogen (secondary N) is 2. The Balaban J connectivity index is 1.59. The highest BCUT2D eigenvalue weighted by Crippen LogP contribution is 2.25. The third-order valence-corrected chi connectivity index (χ3v) is 5.02. The van der Waals surface area contributed by atoms with Crippen LogP contribution >= 0.6 is 0 Å². The molecule has 3 N–H and O–H groups in total. The molecule has 0 heterocycles. The third-order valence-electron chi connectivity index (χ3n) is 5.02. The first-order valence-corrected chi connectivity index (χ1v) is 9.58. The van der Waals surface area contributed by atoms with Crippen LogP contribution in [0.3, 0.4) is 0 Å². The summed E-state index contributed by atoms with van der Waals surface area (Å²) in [5, 5.41) is 16.8. The summed E-state index contributed by atoms with van der Waals surface area (Å²) < 4.78 is 0. The SMILES string of the molecule is C/C(=N/NC(=O)c1ccccc1O)c1ccc(NC(=O)C2CCCCC2)cc1. The van der Waals surface area contributed by atoms with Crippen molar-refractivity contribution >= 4 is 23.2 Å². The molecule has 1 saturated carbocycles. The molecule has 6 heteroatoms. The van der Waals surface area contributed by atoms with Crippen LogP contribution in [0.1, 0.15) is 54.9 Å². The molecule has 3 rings (SSSR count). The molecule has 2 aromatic rings. The first-order valence-electron chi connectivity index (χ1n) is 9.58. The fourth-order valence-electron chi connectivity index (χ4n) is 3.33. The molecule has 0 bridgehead atoms. The first-order chi connectivity index (χ1) is 13.5.